The molecule has 1 saturated heterocycles. The summed E-state index contributed by atoms with van der Waals surface area (Å²) in [6, 6.07) is 4.73. The van der Waals surface area contributed by atoms with Gasteiger partial charge in [0.1, 0.15) is 11.0 Å². The minimum Gasteiger partial charge on any atom is -0.395 e. The van der Waals surface area contributed by atoms with Crippen molar-refractivity contribution in [1.29, 1.82) is 5.26 Å². The van der Waals surface area contributed by atoms with Crippen molar-refractivity contribution in [1.82, 2.24) is 14.6 Å². The first-order valence-corrected chi connectivity index (χ1v) is 8.23. The third kappa shape index (κ3) is 3.57. The molecular weight excluding hydrogens is 292 g/mol. The lowest BCUT2D eigenvalue weighted by Gasteiger charge is -2.24. The molecule has 1 aromatic heterocycles. The summed E-state index contributed by atoms with van der Waals surface area (Å²) >= 11 is 0. The molecule has 0 bridgehead atoms. The van der Waals surface area contributed by atoms with Crippen molar-refractivity contribution in [2.24, 2.45) is 0 Å². The molecule has 1 aliphatic rings. The Morgan fingerprint density at radius 1 is 1.57 bits per heavy atom. The standard InChI is InChI=1S/C13H18N4O3S/c14-9-12-13(4-2-6-16-12)21(19,20)17(7-8-18)10-11-3-1-5-15-11/h2,4,6,11,15,18H,1,3,5,7-8,10H2. The molecule has 0 saturated carbocycles. The van der Waals surface area contributed by atoms with Crippen molar-refractivity contribution in [3.63, 3.8) is 0 Å². The zero-order valence-electron chi connectivity index (χ0n) is 11.6. The van der Waals surface area contributed by atoms with E-state index in [4.69, 9.17) is 10.4 Å². The molecule has 1 aliphatic heterocycles. The second-order valence-corrected chi connectivity index (χ2v) is 6.75. The molecule has 21 heavy (non-hydrogen) atoms. The Bertz CT molecular complexity index is 621. The molecule has 0 aromatic carbocycles. The minimum absolute atomic E-state index is 0.000274. The first-order valence-electron chi connectivity index (χ1n) is 6.79. The lowest BCUT2D eigenvalue weighted by Crippen LogP contribution is -2.42. The summed E-state index contributed by atoms with van der Waals surface area (Å²) in [5.41, 5.74) is -0.125. The molecule has 8 heteroatoms. The minimum atomic E-state index is -3.85. The summed E-state index contributed by atoms with van der Waals surface area (Å²) in [7, 11) is -3.85. The van der Waals surface area contributed by atoms with E-state index in [2.05, 4.69) is 10.3 Å². The van der Waals surface area contributed by atoms with E-state index >= 15 is 0 Å². The Morgan fingerprint density at radius 2 is 2.38 bits per heavy atom. The van der Waals surface area contributed by atoms with Crippen LogP contribution in [0.1, 0.15) is 18.5 Å². The van der Waals surface area contributed by atoms with Gasteiger partial charge < -0.3 is 10.4 Å². The molecule has 0 spiro atoms. The van der Waals surface area contributed by atoms with Gasteiger partial charge in [-0.1, -0.05) is 0 Å². The van der Waals surface area contributed by atoms with Crippen molar-refractivity contribution in [3.8, 4) is 6.07 Å². The molecule has 2 N–H and O–H groups in total. The fraction of sp³-hybridized carbons (Fsp3) is 0.538. The van der Waals surface area contributed by atoms with Crippen LogP contribution < -0.4 is 5.32 Å². The van der Waals surface area contributed by atoms with Gasteiger partial charge in [-0.25, -0.2) is 13.4 Å². The highest BCUT2D eigenvalue weighted by Crippen LogP contribution is 2.19. The molecule has 1 atom stereocenters. The molecule has 114 valence electrons. The van der Waals surface area contributed by atoms with Crippen molar-refractivity contribution in [3.05, 3.63) is 24.0 Å². The van der Waals surface area contributed by atoms with Crippen LogP contribution >= 0.6 is 0 Å². The second kappa shape index (κ2) is 6.95. The summed E-state index contributed by atoms with van der Waals surface area (Å²) in [5.74, 6) is 0. The number of hydrogen-bond donors (Lipinski definition) is 2. The van der Waals surface area contributed by atoms with Crippen LogP contribution in [0.5, 0.6) is 0 Å². The Hall–Kier alpha value is -1.53. The van der Waals surface area contributed by atoms with Gasteiger partial charge >= 0.3 is 0 Å². The maximum absolute atomic E-state index is 12.7. The number of nitriles is 1. The molecule has 0 aliphatic carbocycles. The van der Waals surface area contributed by atoms with Gasteiger partial charge in [0.05, 0.1) is 6.61 Å². The molecule has 1 unspecified atom stereocenters. The van der Waals surface area contributed by atoms with E-state index in [9.17, 15) is 8.42 Å². The van der Waals surface area contributed by atoms with Crippen LogP contribution in [0.15, 0.2) is 23.2 Å². The molecule has 0 amide bonds. The number of hydrogen-bond acceptors (Lipinski definition) is 6. The van der Waals surface area contributed by atoms with Gasteiger partial charge in [-0.05, 0) is 31.5 Å². The van der Waals surface area contributed by atoms with E-state index in [0.717, 1.165) is 19.4 Å². The summed E-state index contributed by atoms with van der Waals surface area (Å²) in [5, 5.41) is 21.4. The van der Waals surface area contributed by atoms with Gasteiger partial charge in [0.2, 0.25) is 10.0 Å². The van der Waals surface area contributed by atoms with E-state index in [1.54, 1.807) is 6.07 Å². The Kier molecular flexibility index (Phi) is 5.25. The van der Waals surface area contributed by atoms with E-state index in [1.807, 2.05) is 0 Å². The highest BCUT2D eigenvalue weighted by Gasteiger charge is 2.30. The fourth-order valence-corrected chi connectivity index (χ4v) is 3.97. The van der Waals surface area contributed by atoms with Gasteiger partial charge in [0, 0.05) is 25.3 Å². The van der Waals surface area contributed by atoms with Crippen LogP contribution in [0.4, 0.5) is 0 Å². The van der Waals surface area contributed by atoms with E-state index in [0.29, 0.717) is 0 Å². The Balaban J connectivity index is 2.30. The first-order chi connectivity index (χ1) is 10.1. The maximum atomic E-state index is 12.7. The molecule has 0 radical (unpaired) electrons. The number of aromatic nitrogens is 1. The van der Waals surface area contributed by atoms with Crippen molar-refractivity contribution >= 4 is 10.0 Å². The van der Waals surface area contributed by atoms with Crippen LogP contribution in [0.2, 0.25) is 0 Å². The van der Waals surface area contributed by atoms with Crippen LogP contribution in [-0.4, -0.2) is 55.1 Å². The Labute approximate surface area is 124 Å². The summed E-state index contributed by atoms with van der Waals surface area (Å²) in [6.45, 7) is 0.880. The predicted molar refractivity (Wildman–Crippen MR) is 75.8 cm³/mol. The van der Waals surface area contributed by atoms with Gasteiger partial charge in [0.15, 0.2) is 5.69 Å². The molecule has 7 nitrogen and oxygen atoms in total. The second-order valence-electron chi connectivity index (χ2n) is 4.84. The number of aliphatic hydroxyl groups excluding tert-OH is 1. The zero-order valence-corrected chi connectivity index (χ0v) is 12.4. The van der Waals surface area contributed by atoms with Gasteiger partial charge in [0.25, 0.3) is 0 Å². The van der Waals surface area contributed by atoms with Crippen molar-refractivity contribution < 1.29 is 13.5 Å². The number of aliphatic hydroxyl groups is 1. The topological polar surface area (TPSA) is 106 Å². The lowest BCUT2D eigenvalue weighted by atomic mass is 10.2. The number of rotatable bonds is 6. The van der Waals surface area contributed by atoms with Crippen LogP contribution in [0.25, 0.3) is 0 Å². The van der Waals surface area contributed by atoms with Crippen molar-refractivity contribution in [2.45, 2.75) is 23.8 Å². The maximum Gasteiger partial charge on any atom is 0.246 e. The van der Waals surface area contributed by atoms with Gasteiger partial charge in [-0.3, -0.25) is 0 Å². The number of nitrogens with zero attached hydrogens (tertiary/aromatic N) is 3. The lowest BCUT2D eigenvalue weighted by molar-refractivity contribution is 0.246. The predicted octanol–water partition coefficient (Wildman–Crippen LogP) is -0.312. The van der Waals surface area contributed by atoms with Crippen LogP contribution in [0.3, 0.4) is 0 Å². The molecule has 2 rings (SSSR count). The molecule has 1 fully saturated rings. The smallest absolute Gasteiger partial charge is 0.246 e. The van der Waals surface area contributed by atoms with Gasteiger partial charge in [-0.2, -0.15) is 9.57 Å². The summed E-state index contributed by atoms with van der Waals surface area (Å²) < 4.78 is 26.6. The average molecular weight is 310 g/mol. The Morgan fingerprint density at radius 3 is 3.00 bits per heavy atom. The molecule has 1 aromatic rings. The largest absolute Gasteiger partial charge is 0.395 e. The number of pyridine rings is 1. The quantitative estimate of drug-likeness (QED) is 0.746. The summed E-state index contributed by atoms with van der Waals surface area (Å²) in [6.07, 6.45) is 3.29. The third-order valence-electron chi connectivity index (χ3n) is 3.43. The highest BCUT2D eigenvalue weighted by atomic mass is 32.2. The first kappa shape index (κ1) is 15.9. The van der Waals surface area contributed by atoms with Gasteiger partial charge in [-0.15, -0.1) is 0 Å². The number of sulfonamides is 1. The SMILES string of the molecule is N#Cc1ncccc1S(=O)(=O)N(CCO)CC1CCCN1. The fourth-order valence-electron chi connectivity index (χ4n) is 2.40. The highest BCUT2D eigenvalue weighted by molar-refractivity contribution is 7.89. The van der Waals surface area contributed by atoms with Crippen LogP contribution in [0, 0.1) is 11.3 Å². The number of nitrogens with one attached hydrogen (secondary N) is 1. The van der Waals surface area contributed by atoms with Crippen molar-refractivity contribution in [2.75, 3.05) is 26.2 Å². The van der Waals surface area contributed by atoms with E-state index in [1.165, 1.54) is 22.6 Å². The van der Waals surface area contributed by atoms with E-state index < -0.39 is 10.0 Å². The molecular formula is C13H18N4O3S. The zero-order chi connectivity index (χ0) is 15.3. The monoisotopic (exact) mass is 310 g/mol. The van der Waals surface area contributed by atoms with Crippen LogP contribution in [-0.2, 0) is 10.0 Å². The summed E-state index contributed by atoms with van der Waals surface area (Å²) in [4.78, 5) is 3.68. The van der Waals surface area contributed by atoms with E-state index in [-0.39, 0.29) is 36.3 Å². The normalized spacial score (nSPS) is 18.8. The third-order valence-corrected chi connectivity index (χ3v) is 5.33. The molecule has 2 heterocycles. The average Bonchev–Trinajstić information content (AvgIpc) is 3.00.